The minimum Gasteiger partial charge on any atom is -0.456 e. The van der Waals surface area contributed by atoms with Crippen LogP contribution in [-0.4, -0.2) is 0 Å². The number of hydrogen-bond donors (Lipinski definition) is 0. The summed E-state index contributed by atoms with van der Waals surface area (Å²) in [4.78, 5) is 2.38. The van der Waals surface area contributed by atoms with Gasteiger partial charge in [-0.25, -0.2) is 0 Å². The van der Waals surface area contributed by atoms with Crippen LogP contribution in [0.1, 0.15) is 0 Å². The summed E-state index contributed by atoms with van der Waals surface area (Å²) in [5.74, 6) is 0. The Morgan fingerprint density at radius 3 is 1.77 bits per heavy atom. The lowest BCUT2D eigenvalue weighted by molar-refractivity contribution is 0.668. The summed E-state index contributed by atoms with van der Waals surface area (Å²) in [5.41, 5.74) is 11.5. The summed E-state index contributed by atoms with van der Waals surface area (Å²) < 4.78 is 15.4. The first-order chi connectivity index (χ1) is 25.8. The molecule has 0 aliphatic carbocycles. The Labute approximate surface area is 303 Å². The molecule has 0 bridgehead atoms. The van der Waals surface area contributed by atoms with Crippen LogP contribution in [0.5, 0.6) is 0 Å². The molecule has 0 spiro atoms. The van der Waals surface area contributed by atoms with Crippen LogP contribution in [0.15, 0.2) is 185 Å². The van der Waals surface area contributed by atoms with Gasteiger partial charge >= 0.3 is 0 Å². The molecule has 8 aromatic carbocycles. The molecular weight excluding hydrogens is 655 g/mol. The number of rotatable bonds is 5. The second kappa shape index (κ2) is 11.5. The SMILES string of the molecule is c1ccc(-c2cccc3c2sc2c(N(c4ccc(-c5cccc6oc7ccccc7c56)cc4)c4cccc5c4oc4ccccc45)cccc23)cc1. The average molecular weight is 684 g/mol. The Bertz CT molecular complexity index is 3130. The molecule has 0 atom stereocenters. The van der Waals surface area contributed by atoms with Crippen molar-refractivity contribution in [2.24, 2.45) is 0 Å². The maximum atomic E-state index is 6.68. The number of para-hydroxylation sites is 3. The summed E-state index contributed by atoms with van der Waals surface area (Å²) in [6.07, 6.45) is 0. The largest absolute Gasteiger partial charge is 0.456 e. The van der Waals surface area contributed by atoms with Crippen molar-refractivity contribution in [1.82, 2.24) is 0 Å². The van der Waals surface area contributed by atoms with Gasteiger partial charge in [0.25, 0.3) is 0 Å². The number of furan rings is 2. The highest BCUT2D eigenvalue weighted by Crippen LogP contribution is 2.49. The molecule has 0 radical (unpaired) electrons. The van der Waals surface area contributed by atoms with E-state index in [0.29, 0.717) is 0 Å². The molecule has 0 amide bonds. The second-order valence-electron chi connectivity index (χ2n) is 13.2. The smallest absolute Gasteiger partial charge is 0.159 e. The highest BCUT2D eigenvalue weighted by atomic mass is 32.1. The normalized spacial score (nSPS) is 11.8. The lowest BCUT2D eigenvalue weighted by Gasteiger charge is -2.26. The van der Waals surface area contributed by atoms with E-state index in [1.807, 2.05) is 29.5 Å². The van der Waals surface area contributed by atoms with Gasteiger partial charge < -0.3 is 13.7 Å². The Balaban J connectivity index is 1.15. The van der Waals surface area contributed by atoms with E-state index in [-0.39, 0.29) is 0 Å². The van der Waals surface area contributed by atoms with Crippen molar-refractivity contribution in [3.63, 3.8) is 0 Å². The summed E-state index contributed by atoms with van der Waals surface area (Å²) >= 11 is 1.86. The van der Waals surface area contributed by atoms with Gasteiger partial charge in [-0.05, 0) is 64.7 Å². The van der Waals surface area contributed by atoms with Crippen molar-refractivity contribution in [1.29, 1.82) is 0 Å². The number of anilines is 3. The first-order valence-corrected chi connectivity index (χ1v) is 18.3. The minimum absolute atomic E-state index is 0.866. The number of hydrogen-bond acceptors (Lipinski definition) is 4. The van der Waals surface area contributed by atoms with Crippen molar-refractivity contribution in [3.8, 4) is 22.3 Å². The van der Waals surface area contributed by atoms with Gasteiger partial charge in [0, 0.05) is 42.7 Å². The standard InChI is InChI=1S/C48H29NO2S/c1-2-12-30(13-3-1)34-17-8-19-37-38-20-10-22-41(48(38)52-47(34)37)49(40-21-9-18-36-35-14-4-6-23-42(35)51-46(36)40)32-28-26-31(27-29-32)33-16-11-25-44-45(33)39-15-5-7-24-43(39)50-44/h1-29H. The van der Waals surface area contributed by atoms with Gasteiger partial charge in [-0.15, -0.1) is 11.3 Å². The first kappa shape index (κ1) is 29.1. The van der Waals surface area contributed by atoms with Crippen LogP contribution in [0.2, 0.25) is 0 Å². The summed E-state index contributed by atoms with van der Waals surface area (Å²) in [5, 5.41) is 6.99. The fourth-order valence-corrected chi connectivity index (χ4v) is 9.29. The van der Waals surface area contributed by atoms with Gasteiger partial charge in [0.2, 0.25) is 0 Å². The molecule has 0 fully saturated rings. The quantitative estimate of drug-likeness (QED) is 0.181. The molecule has 0 N–H and O–H groups in total. The lowest BCUT2D eigenvalue weighted by Crippen LogP contribution is -2.10. The summed E-state index contributed by atoms with van der Waals surface area (Å²) in [7, 11) is 0. The maximum Gasteiger partial charge on any atom is 0.159 e. The van der Waals surface area contributed by atoms with Crippen molar-refractivity contribution in [2.45, 2.75) is 0 Å². The van der Waals surface area contributed by atoms with Crippen LogP contribution in [0.3, 0.4) is 0 Å². The predicted octanol–water partition coefficient (Wildman–Crippen LogP) is 14.7. The van der Waals surface area contributed by atoms with E-state index in [1.165, 1.54) is 31.3 Å². The van der Waals surface area contributed by atoms with Crippen molar-refractivity contribution < 1.29 is 8.83 Å². The molecule has 52 heavy (non-hydrogen) atoms. The van der Waals surface area contributed by atoms with E-state index >= 15 is 0 Å². The third-order valence-corrected chi connectivity index (χ3v) is 11.6. The highest BCUT2D eigenvalue weighted by Gasteiger charge is 2.23. The Hall–Kier alpha value is -6.62. The lowest BCUT2D eigenvalue weighted by atomic mass is 9.99. The first-order valence-electron chi connectivity index (χ1n) is 17.5. The fourth-order valence-electron chi connectivity index (χ4n) is 7.95. The molecule has 11 aromatic rings. The molecule has 3 aromatic heterocycles. The average Bonchev–Trinajstić information content (AvgIpc) is 3.91. The molecule has 244 valence electrons. The molecule has 3 heterocycles. The Kier molecular flexibility index (Phi) is 6.42. The molecule has 4 heteroatoms. The van der Waals surface area contributed by atoms with Crippen LogP contribution < -0.4 is 4.90 Å². The van der Waals surface area contributed by atoms with E-state index in [1.54, 1.807) is 0 Å². The molecule has 0 aliphatic rings. The number of nitrogens with zero attached hydrogens (tertiary/aromatic N) is 1. The fraction of sp³-hybridized carbons (Fsp3) is 0. The monoisotopic (exact) mass is 683 g/mol. The highest BCUT2D eigenvalue weighted by molar-refractivity contribution is 7.27. The molecule has 11 rings (SSSR count). The zero-order valence-electron chi connectivity index (χ0n) is 27.9. The zero-order valence-corrected chi connectivity index (χ0v) is 28.7. The van der Waals surface area contributed by atoms with Crippen LogP contribution in [0.25, 0.3) is 86.3 Å². The Morgan fingerprint density at radius 1 is 0.365 bits per heavy atom. The Morgan fingerprint density at radius 2 is 0.942 bits per heavy atom. The number of thiophene rings is 1. The van der Waals surface area contributed by atoms with Crippen LogP contribution in [-0.2, 0) is 0 Å². The molecule has 3 nitrogen and oxygen atoms in total. The molecule has 0 aliphatic heterocycles. The van der Waals surface area contributed by atoms with E-state index in [9.17, 15) is 0 Å². The van der Waals surface area contributed by atoms with Gasteiger partial charge in [0.05, 0.1) is 16.1 Å². The van der Waals surface area contributed by atoms with Gasteiger partial charge in [-0.2, -0.15) is 0 Å². The second-order valence-corrected chi connectivity index (χ2v) is 14.2. The summed E-state index contributed by atoms with van der Waals surface area (Å²) in [6, 6.07) is 62.4. The molecular formula is C48H29NO2S. The van der Waals surface area contributed by atoms with E-state index in [4.69, 9.17) is 8.83 Å². The van der Waals surface area contributed by atoms with Crippen LogP contribution >= 0.6 is 11.3 Å². The molecule has 0 saturated heterocycles. The van der Waals surface area contributed by atoms with E-state index < -0.39 is 0 Å². The van der Waals surface area contributed by atoms with Crippen molar-refractivity contribution >= 4 is 92.4 Å². The van der Waals surface area contributed by atoms with Gasteiger partial charge in [-0.3, -0.25) is 0 Å². The number of benzene rings is 8. The maximum absolute atomic E-state index is 6.68. The third kappa shape index (κ3) is 4.38. The molecule has 0 unspecified atom stereocenters. The van der Waals surface area contributed by atoms with E-state index in [2.05, 4.69) is 163 Å². The zero-order chi connectivity index (χ0) is 34.2. The van der Waals surface area contributed by atoms with Gasteiger partial charge in [0.1, 0.15) is 16.7 Å². The summed E-state index contributed by atoms with van der Waals surface area (Å²) in [6.45, 7) is 0. The molecule has 0 saturated carbocycles. The number of fused-ring (bicyclic) bond motifs is 9. The minimum atomic E-state index is 0.866. The van der Waals surface area contributed by atoms with Gasteiger partial charge in [0.15, 0.2) is 5.58 Å². The van der Waals surface area contributed by atoms with Crippen molar-refractivity contribution in [2.75, 3.05) is 4.90 Å². The van der Waals surface area contributed by atoms with E-state index in [0.717, 1.165) is 72.1 Å². The topological polar surface area (TPSA) is 29.5 Å². The van der Waals surface area contributed by atoms with Crippen LogP contribution in [0.4, 0.5) is 17.1 Å². The van der Waals surface area contributed by atoms with Gasteiger partial charge in [-0.1, -0.05) is 133 Å². The third-order valence-electron chi connectivity index (χ3n) is 10.3. The predicted molar refractivity (Wildman–Crippen MR) is 219 cm³/mol. The van der Waals surface area contributed by atoms with Crippen LogP contribution in [0, 0.1) is 0 Å². The van der Waals surface area contributed by atoms with Crippen molar-refractivity contribution in [3.05, 3.63) is 176 Å².